The number of hydrogen-bond acceptors (Lipinski definition) is 1. The highest BCUT2D eigenvalue weighted by Gasteiger charge is 2.14. The monoisotopic (exact) mass is 301 g/mol. The van der Waals surface area contributed by atoms with Crippen LogP contribution in [0.5, 0.6) is 0 Å². The summed E-state index contributed by atoms with van der Waals surface area (Å²) in [5, 5.41) is 4.43. The average Bonchev–Trinajstić information content (AvgIpc) is 2.46. The molecule has 0 aliphatic heterocycles. The minimum absolute atomic E-state index is 0.439. The number of rotatable bonds is 6. The van der Waals surface area contributed by atoms with Gasteiger partial charge in [-0.25, -0.2) is 0 Å². The molecule has 2 aromatic carbocycles. The lowest BCUT2D eigenvalue weighted by Gasteiger charge is -2.20. The van der Waals surface area contributed by atoms with E-state index in [4.69, 9.17) is 11.6 Å². The molecule has 0 fully saturated rings. The molecule has 1 nitrogen and oxygen atoms in total. The second-order valence-corrected chi connectivity index (χ2v) is 6.38. The topological polar surface area (TPSA) is 12.0 Å². The van der Waals surface area contributed by atoms with Gasteiger partial charge < -0.3 is 5.32 Å². The van der Waals surface area contributed by atoms with E-state index in [0.717, 1.165) is 18.0 Å². The van der Waals surface area contributed by atoms with E-state index in [2.05, 4.69) is 74.6 Å². The van der Waals surface area contributed by atoms with Crippen LogP contribution in [0.2, 0.25) is 5.02 Å². The predicted molar refractivity (Wildman–Crippen MR) is 92.2 cm³/mol. The van der Waals surface area contributed by atoms with E-state index in [-0.39, 0.29) is 0 Å². The van der Waals surface area contributed by atoms with Crippen LogP contribution in [0.25, 0.3) is 0 Å². The molecule has 1 unspecified atom stereocenters. The van der Waals surface area contributed by atoms with Crippen LogP contribution in [-0.4, -0.2) is 12.6 Å². The van der Waals surface area contributed by atoms with E-state index in [9.17, 15) is 0 Å². The highest BCUT2D eigenvalue weighted by molar-refractivity contribution is 6.31. The van der Waals surface area contributed by atoms with Crippen molar-refractivity contribution in [1.29, 1.82) is 0 Å². The molecule has 0 aliphatic carbocycles. The minimum atomic E-state index is 0.439. The Morgan fingerprint density at radius 2 is 1.76 bits per heavy atom. The largest absolute Gasteiger partial charge is 0.314 e. The van der Waals surface area contributed by atoms with Gasteiger partial charge in [0.25, 0.3) is 0 Å². The lowest BCUT2D eigenvalue weighted by molar-refractivity contribution is 0.527. The maximum atomic E-state index is 6.40. The molecule has 21 heavy (non-hydrogen) atoms. The quantitative estimate of drug-likeness (QED) is 0.794. The van der Waals surface area contributed by atoms with Crippen molar-refractivity contribution in [3.8, 4) is 0 Å². The molecule has 112 valence electrons. The van der Waals surface area contributed by atoms with Gasteiger partial charge in [0.1, 0.15) is 0 Å². The fourth-order valence-corrected chi connectivity index (χ4v) is 2.81. The third-order valence-electron chi connectivity index (χ3n) is 3.72. The molecule has 1 atom stereocenters. The fourth-order valence-electron chi connectivity index (χ4n) is 2.49. The Morgan fingerprint density at radius 1 is 1.05 bits per heavy atom. The molecular weight excluding hydrogens is 278 g/mol. The fraction of sp³-hybridized carbons (Fsp3) is 0.368. The highest BCUT2D eigenvalue weighted by atomic mass is 35.5. The smallest absolute Gasteiger partial charge is 0.0440 e. The molecule has 0 aromatic heterocycles. The Labute approximate surface area is 133 Å². The highest BCUT2D eigenvalue weighted by Crippen LogP contribution is 2.25. The van der Waals surface area contributed by atoms with Crippen LogP contribution in [0, 0.1) is 6.92 Å². The zero-order valence-electron chi connectivity index (χ0n) is 13.1. The van der Waals surface area contributed by atoms with Gasteiger partial charge in [-0.1, -0.05) is 67.9 Å². The van der Waals surface area contributed by atoms with Gasteiger partial charge in [-0.2, -0.15) is 0 Å². The first-order valence-corrected chi connectivity index (χ1v) is 7.97. The Kier molecular flexibility index (Phi) is 5.84. The van der Waals surface area contributed by atoms with Crippen molar-refractivity contribution in [3.63, 3.8) is 0 Å². The summed E-state index contributed by atoms with van der Waals surface area (Å²) in [7, 11) is 0. The van der Waals surface area contributed by atoms with E-state index < -0.39 is 0 Å². The zero-order chi connectivity index (χ0) is 15.2. The molecule has 0 saturated heterocycles. The molecular formula is C19H24ClN. The van der Waals surface area contributed by atoms with Gasteiger partial charge in [-0.3, -0.25) is 0 Å². The Balaban J connectivity index is 2.19. The second kappa shape index (κ2) is 7.63. The lowest BCUT2D eigenvalue weighted by Crippen LogP contribution is -2.29. The van der Waals surface area contributed by atoms with Gasteiger partial charge >= 0.3 is 0 Å². The van der Waals surface area contributed by atoms with Crippen molar-refractivity contribution in [2.45, 2.75) is 39.2 Å². The van der Waals surface area contributed by atoms with Crippen molar-refractivity contribution >= 4 is 11.6 Å². The normalized spacial score (nSPS) is 12.6. The van der Waals surface area contributed by atoms with Gasteiger partial charge in [0.2, 0.25) is 0 Å². The van der Waals surface area contributed by atoms with Crippen molar-refractivity contribution in [3.05, 3.63) is 70.2 Å². The van der Waals surface area contributed by atoms with E-state index in [1.807, 2.05) is 0 Å². The third kappa shape index (κ3) is 4.87. The standard InChI is InChI=1S/C19H24ClN/c1-14(2)21-13-18(16-7-5-4-6-8-16)12-17-10-9-15(3)11-19(17)20/h4-11,14,18,21H,12-13H2,1-3H3. The molecule has 2 heteroatoms. The van der Waals surface area contributed by atoms with Crippen LogP contribution in [-0.2, 0) is 6.42 Å². The second-order valence-electron chi connectivity index (χ2n) is 5.97. The number of benzene rings is 2. The van der Waals surface area contributed by atoms with Crippen LogP contribution in [0.15, 0.2) is 48.5 Å². The molecule has 2 aromatic rings. The number of halogens is 1. The van der Waals surface area contributed by atoms with Gasteiger partial charge in [0, 0.05) is 23.5 Å². The molecule has 0 amide bonds. The first-order chi connectivity index (χ1) is 10.1. The van der Waals surface area contributed by atoms with Crippen LogP contribution in [0.3, 0.4) is 0 Å². The van der Waals surface area contributed by atoms with Gasteiger partial charge in [-0.05, 0) is 36.1 Å². The van der Waals surface area contributed by atoms with Gasteiger partial charge in [0.15, 0.2) is 0 Å². The summed E-state index contributed by atoms with van der Waals surface area (Å²) in [6, 6.07) is 17.5. The van der Waals surface area contributed by atoms with Crippen LogP contribution < -0.4 is 5.32 Å². The van der Waals surface area contributed by atoms with Gasteiger partial charge in [-0.15, -0.1) is 0 Å². The summed E-state index contributed by atoms with van der Waals surface area (Å²) in [4.78, 5) is 0. The van der Waals surface area contributed by atoms with Crippen molar-refractivity contribution < 1.29 is 0 Å². The third-order valence-corrected chi connectivity index (χ3v) is 4.07. The summed E-state index contributed by atoms with van der Waals surface area (Å²) in [5.74, 6) is 0.439. The molecule has 0 heterocycles. The van der Waals surface area contributed by atoms with Gasteiger partial charge in [0.05, 0.1) is 0 Å². The van der Waals surface area contributed by atoms with E-state index in [1.54, 1.807) is 0 Å². The molecule has 1 N–H and O–H groups in total. The Bertz CT molecular complexity index is 563. The van der Waals surface area contributed by atoms with E-state index >= 15 is 0 Å². The average molecular weight is 302 g/mol. The molecule has 0 bridgehead atoms. The SMILES string of the molecule is Cc1ccc(CC(CNC(C)C)c2ccccc2)c(Cl)c1. The van der Waals surface area contributed by atoms with Crippen molar-refractivity contribution in [1.82, 2.24) is 5.32 Å². The summed E-state index contributed by atoms with van der Waals surface area (Å²) in [6.45, 7) is 7.40. The predicted octanol–water partition coefficient (Wildman–Crippen LogP) is 4.97. The molecule has 2 rings (SSSR count). The lowest BCUT2D eigenvalue weighted by atomic mass is 9.91. The summed E-state index contributed by atoms with van der Waals surface area (Å²) in [6.07, 6.45) is 0.961. The molecule has 0 radical (unpaired) electrons. The van der Waals surface area contributed by atoms with Crippen molar-refractivity contribution in [2.75, 3.05) is 6.54 Å². The minimum Gasteiger partial charge on any atom is -0.314 e. The first-order valence-electron chi connectivity index (χ1n) is 7.59. The molecule has 0 saturated carbocycles. The maximum absolute atomic E-state index is 6.40. The van der Waals surface area contributed by atoms with Crippen molar-refractivity contribution in [2.24, 2.45) is 0 Å². The first kappa shape index (κ1) is 16.1. The Hall–Kier alpha value is -1.31. The molecule has 0 aliphatic rings. The zero-order valence-corrected chi connectivity index (χ0v) is 13.8. The van der Waals surface area contributed by atoms with Crippen LogP contribution >= 0.6 is 11.6 Å². The van der Waals surface area contributed by atoms with Crippen LogP contribution in [0.4, 0.5) is 0 Å². The summed E-state index contributed by atoms with van der Waals surface area (Å²) < 4.78 is 0. The Morgan fingerprint density at radius 3 is 2.38 bits per heavy atom. The van der Waals surface area contributed by atoms with E-state index in [1.165, 1.54) is 16.7 Å². The van der Waals surface area contributed by atoms with Crippen LogP contribution in [0.1, 0.15) is 36.5 Å². The summed E-state index contributed by atoms with van der Waals surface area (Å²) >= 11 is 6.40. The number of aryl methyl sites for hydroxylation is 1. The summed E-state index contributed by atoms with van der Waals surface area (Å²) in [5.41, 5.74) is 3.80. The number of nitrogens with one attached hydrogen (secondary N) is 1. The maximum Gasteiger partial charge on any atom is 0.0440 e. The molecule has 0 spiro atoms. The number of hydrogen-bond donors (Lipinski definition) is 1. The van der Waals surface area contributed by atoms with E-state index in [0.29, 0.717) is 12.0 Å².